The summed E-state index contributed by atoms with van der Waals surface area (Å²) in [5.41, 5.74) is 3.19. The average molecular weight is 434 g/mol. The van der Waals surface area contributed by atoms with Crippen molar-refractivity contribution in [3.05, 3.63) is 48.9 Å². The van der Waals surface area contributed by atoms with Gasteiger partial charge in [-0.15, -0.1) is 0 Å². The molecule has 0 bridgehead atoms. The summed E-state index contributed by atoms with van der Waals surface area (Å²) in [6.07, 6.45) is 9.11. The minimum absolute atomic E-state index is 0.481. The predicted octanol–water partition coefficient (Wildman–Crippen LogP) is 2.72. The van der Waals surface area contributed by atoms with Crippen LogP contribution in [0.3, 0.4) is 0 Å². The van der Waals surface area contributed by atoms with E-state index in [2.05, 4.69) is 43.4 Å². The number of anilines is 2. The molecule has 8 nitrogen and oxygen atoms in total. The van der Waals surface area contributed by atoms with Gasteiger partial charge in [0, 0.05) is 75.0 Å². The zero-order valence-electron chi connectivity index (χ0n) is 18.8. The quantitative estimate of drug-likeness (QED) is 0.641. The number of nitrogens with zero attached hydrogens (tertiary/aromatic N) is 6. The van der Waals surface area contributed by atoms with Crippen molar-refractivity contribution in [3.63, 3.8) is 0 Å². The van der Waals surface area contributed by atoms with Crippen molar-refractivity contribution < 1.29 is 4.74 Å². The van der Waals surface area contributed by atoms with Gasteiger partial charge >= 0.3 is 0 Å². The van der Waals surface area contributed by atoms with E-state index >= 15 is 0 Å². The molecule has 0 radical (unpaired) electrons. The fourth-order valence-corrected chi connectivity index (χ4v) is 4.74. The molecule has 2 aliphatic rings. The fourth-order valence-electron chi connectivity index (χ4n) is 4.74. The highest BCUT2D eigenvalue weighted by Crippen LogP contribution is 2.25. The Labute approximate surface area is 189 Å². The SMILES string of the molecule is COc1cccc(N2CCC(NC3CCN(c4nccc(-c5cnn(C)c5)n4)C3)CC2)c1. The van der Waals surface area contributed by atoms with Gasteiger partial charge in [0.1, 0.15) is 5.75 Å². The lowest BCUT2D eigenvalue weighted by molar-refractivity contribution is 0.376. The summed E-state index contributed by atoms with van der Waals surface area (Å²) in [5, 5.41) is 8.15. The minimum atomic E-state index is 0.481. The van der Waals surface area contributed by atoms with Crippen molar-refractivity contribution in [1.82, 2.24) is 25.1 Å². The van der Waals surface area contributed by atoms with Crippen molar-refractivity contribution in [3.8, 4) is 17.0 Å². The maximum Gasteiger partial charge on any atom is 0.225 e. The van der Waals surface area contributed by atoms with Gasteiger partial charge in [0.05, 0.1) is 19.0 Å². The molecule has 2 fully saturated rings. The molecule has 5 rings (SSSR count). The Hall–Kier alpha value is -3.13. The summed E-state index contributed by atoms with van der Waals surface area (Å²) in [6, 6.07) is 11.4. The maximum absolute atomic E-state index is 5.38. The second kappa shape index (κ2) is 9.16. The number of hydrogen-bond donors (Lipinski definition) is 1. The van der Waals surface area contributed by atoms with Crippen LogP contribution in [0, 0.1) is 0 Å². The Morgan fingerprint density at radius 2 is 1.84 bits per heavy atom. The van der Waals surface area contributed by atoms with Gasteiger partial charge in [0.15, 0.2) is 0 Å². The monoisotopic (exact) mass is 433 g/mol. The summed E-state index contributed by atoms with van der Waals surface area (Å²) in [5.74, 6) is 1.73. The molecule has 8 heteroatoms. The van der Waals surface area contributed by atoms with E-state index in [1.807, 2.05) is 37.8 Å². The smallest absolute Gasteiger partial charge is 0.225 e. The largest absolute Gasteiger partial charge is 0.497 e. The van der Waals surface area contributed by atoms with E-state index in [1.54, 1.807) is 11.8 Å². The van der Waals surface area contributed by atoms with E-state index in [-0.39, 0.29) is 0 Å². The number of aromatic nitrogens is 4. The molecule has 1 aromatic carbocycles. The predicted molar refractivity (Wildman–Crippen MR) is 126 cm³/mol. The molecule has 1 N–H and O–H groups in total. The number of hydrogen-bond acceptors (Lipinski definition) is 7. The molecule has 0 amide bonds. The van der Waals surface area contributed by atoms with Crippen LogP contribution in [-0.4, -0.2) is 65.1 Å². The Balaban J connectivity index is 1.14. The number of ether oxygens (including phenoxy) is 1. The van der Waals surface area contributed by atoms with Crippen LogP contribution in [0.25, 0.3) is 11.3 Å². The van der Waals surface area contributed by atoms with Crippen LogP contribution in [0.2, 0.25) is 0 Å². The average Bonchev–Trinajstić information content (AvgIpc) is 3.49. The van der Waals surface area contributed by atoms with Gasteiger partial charge in [0.2, 0.25) is 5.95 Å². The van der Waals surface area contributed by atoms with Gasteiger partial charge in [-0.2, -0.15) is 5.10 Å². The van der Waals surface area contributed by atoms with Crippen LogP contribution in [0.15, 0.2) is 48.9 Å². The zero-order valence-corrected chi connectivity index (χ0v) is 18.8. The first-order valence-electron chi connectivity index (χ1n) is 11.4. The molecule has 3 aromatic rings. The standard InChI is InChI=1S/C24H31N7O/c1-29-16-18(15-26-29)23-6-10-25-24(28-23)31-13-9-20(17-31)27-19-7-11-30(12-8-19)21-4-3-5-22(14-21)32-2/h3-6,10,14-16,19-20,27H,7-9,11-13,17H2,1-2H3. The van der Waals surface area contributed by atoms with Gasteiger partial charge in [0.25, 0.3) is 0 Å². The molecular weight excluding hydrogens is 402 g/mol. The maximum atomic E-state index is 5.38. The van der Waals surface area contributed by atoms with Crippen LogP contribution in [0.5, 0.6) is 5.75 Å². The normalized spacial score (nSPS) is 19.5. The topological polar surface area (TPSA) is 71.3 Å². The second-order valence-electron chi connectivity index (χ2n) is 8.71. The molecular formula is C24H31N7O. The molecule has 2 aliphatic heterocycles. The van der Waals surface area contributed by atoms with Crippen LogP contribution in [0.4, 0.5) is 11.6 Å². The van der Waals surface area contributed by atoms with Crippen molar-refractivity contribution in [2.45, 2.75) is 31.3 Å². The number of aryl methyl sites for hydroxylation is 1. The molecule has 1 unspecified atom stereocenters. The molecule has 32 heavy (non-hydrogen) atoms. The first-order chi connectivity index (χ1) is 15.7. The molecule has 168 valence electrons. The minimum Gasteiger partial charge on any atom is -0.497 e. The number of piperidine rings is 1. The van der Waals surface area contributed by atoms with Gasteiger partial charge in [-0.05, 0) is 37.5 Å². The Morgan fingerprint density at radius 3 is 2.62 bits per heavy atom. The molecule has 2 saturated heterocycles. The first kappa shape index (κ1) is 20.8. The van der Waals surface area contributed by atoms with Gasteiger partial charge < -0.3 is 19.9 Å². The van der Waals surface area contributed by atoms with Crippen LogP contribution in [-0.2, 0) is 7.05 Å². The summed E-state index contributed by atoms with van der Waals surface area (Å²) in [7, 11) is 3.64. The summed E-state index contributed by atoms with van der Waals surface area (Å²) < 4.78 is 7.18. The second-order valence-corrected chi connectivity index (χ2v) is 8.71. The molecule has 2 aromatic heterocycles. The number of rotatable bonds is 6. The summed E-state index contributed by atoms with van der Waals surface area (Å²) >= 11 is 0. The Kier molecular flexibility index (Phi) is 5.94. The van der Waals surface area contributed by atoms with E-state index in [9.17, 15) is 0 Å². The number of nitrogens with one attached hydrogen (secondary N) is 1. The Morgan fingerprint density at radius 1 is 1.03 bits per heavy atom. The van der Waals surface area contributed by atoms with Gasteiger partial charge in [-0.3, -0.25) is 4.68 Å². The van der Waals surface area contributed by atoms with Crippen molar-refractivity contribution in [1.29, 1.82) is 0 Å². The summed E-state index contributed by atoms with van der Waals surface area (Å²) in [6.45, 7) is 4.07. The van der Waals surface area contributed by atoms with E-state index in [4.69, 9.17) is 9.72 Å². The number of benzene rings is 1. The lowest BCUT2D eigenvalue weighted by Crippen LogP contribution is -2.47. The fraction of sp³-hybridized carbons (Fsp3) is 0.458. The van der Waals surface area contributed by atoms with E-state index in [1.165, 1.54) is 5.69 Å². The van der Waals surface area contributed by atoms with Crippen molar-refractivity contribution in [2.75, 3.05) is 43.1 Å². The van der Waals surface area contributed by atoms with E-state index in [0.717, 1.165) is 68.4 Å². The molecule has 0 saturated carbocycles. The highest BCUT2D eigenvalue weighted by molar-refractivity contribution is 5.58. The first-order valence-corrected chi connectivity index (χ1v) is 11.4. The lowest BCUT2D eigenvalue weighted by Gasteiger charge is -2.35. The van der Waals surface area contributed by atoms with E-state index in [0.29, 0.717) is 12.1 Å². The van der Waals surface area contributed by atoms with Crippen LogP contribution < -0.4 is 19.9 Å². The molecule has 1 atom stereocenters. The van der Waals surface area contributed by atoms with Crippen molar-refractivity contribution >= 4 is 11.6 Å². The number of methoxy groups -OCH3 is 1. The summed E-state index contributed by atoms with van der Waals surface area (Å²) in [4.78, 5) is 14.1. The highest BCUT2D eigenvalue weighted by atomic mass is 16.5. The molecule has 4 heterocycles. The van der Waals surface area contributed by atoms with Gasteiger partial charge in [-0.1, -0.05) is 6.07 Å². The third-order valence-electron chi connectivity index (χ3n) is 6.50. The molecule has 0 spiro atoms. The lowest BCUT2D eigenvalue weighted by atomic mass is 10.0. The van der Waals surface area contributed by atoms with Gasteiger partial charge in [-0.25, -0.2) is 9.97 Å². The van der Waals surface area contributed by atoms with Crippen LogP contribution in [0.1, 0.15) is 19.3 Å². The third kappa shape index (κ3) is 4.55. The molecule has 0 aliphatic carbocycles. The zero-order chi connectivity index (χ0) is 21.9. The van der Waals surface area contributed by atoms with Crippen LogP contribution >= 0.6 is 0 Å². The van der Waals surface area contributed by atoms with E-state index < -0.39 is 0 Å². The third-order valence-corrected chi connectivity index (χ3v) is 6.50. The Bertz CT molecular complexity index is 1040. The highest BCUT2D eigenvalue weighted by Gasteiger charge is 2.28. The van der Waals surface area contributed by atoms with Crippen molar-refractivity contribution in [2.24, 2.45) is 7.05 Å².